The van der Waals surface area contributed by atoms with E-state index in [9.17, 15) is 4.79 Å². The van der Waals surface area contributed by atoms with Crippen LogP contribution in [-0.2, 0) is 4.79 Å². The zero-order valence-corrected chi connectivity index (χ0v) is 16.3. The molecule has 0 saturated carbocycles. The Hall–Kier alpha value is -3.74. The maximum atomic E-state index is 12.1. The largest absolute Gasteiger partial charge is 0.493 e. The average Bonchev–Trinajstić information content (AvgIpc) is 2.75. The maximum absolute atomic E-state index is 12.1. The summed E-state index contributed by atoms with van der Waals surface area (Å²) < 4.78 is 16.3. The van der Waals surface area contributed by atoms with Gasteiger partial charge in [0.15, 0.2) is 18.1 Å². The van der Waals surface area contributed by atoms with Gasteiger partial charge in [0.05, 0.1) is 31.3 Å². The van der Waals surface area contributed by atoms with Crippen molar-refractivity contribution in [2.75, 3.05) is 31.0 Å². The van der Waals surface area contributed by atoms with Gasteiger partial charge in [-0.1, -0.05) is 24.3 Å². The van der Waals surface area contributed by atoms with Crippen molar-refractivity contribution in [3.8, 4) is 17.2 Å². The first-order chi connectivity index (χ1) is 14.2. The molecule has 0 bridgehead atoms. The highest BCUT2D eigenvalue weighted by atomic mass is 16.5. The van der Waals surface area contributed by atoms with Gasteiger partial charge in [0.2, 0.25) is 0 Å². The number of carbonyl (C=O) groups excluding carboxylic acids is 1. The molecule has 7 heteroatoms. The molecule has 7 nitrogen and oxygen atoms in total. The topological polar surface area (TPSA) is 81.7 Å². The van der Waals surface area contributed by atoms with E-state index < -0.39 is 0 Å². The van der Waals surface area contributed by atoms with Gasteiger partial charge in [-0.15, -0.1) is 0 Å². The highest BCUT2D eigenvalue weighted by Gasteiger charge is 2.08. The molecule has 0 aliphatic rings. The maximum Gasteiger partial charge on any atom is 0.262 e. The minimum absolute atomic E-state index is 0.137. The van der Waals surface area contributed by atoms with Gasteiger partial charge in [0.1, 0.15) is 11.6 Å². The summed E-state index contributed by atoms with van der Waals surface area (Å²) in [5.41, 5.74) is 1.39. The SMILES string of the molecule is CCOc1ccccc1Nc1ccc(NC(=O)COc2ccccc2OC)cn1. The first-order valence-corrected chi connectivity index (χ1v) is 9.20. The summed E-state index contributed by atoms with van der Waals surface area (Å²) in [6.07, 6.45) is 1.58. The highest BCUT2D eigenvalue weighted by molar-refractivity contribution is 5.91. The van der Waals surface area contributed by atoms with Gasteiger partial charge < -0.3 is 24.8 Å². The molecule has 2 N–H and O–H groups in total. The number of hydrogen-bond donors (Lipinski definition) is 2. The van der Waals surface area contributed by atoms with Crippen molar-refractivity contribution in [2.45, 2.75) is 6.92 Å². The van der Waals surface area contributed by atoms with Crippen LogP contribution in [-0.4, -0.2) is 31.2 Å². The monoisotopic (exact) mass is 393 g/mol. The number of nitrogens with one attached hydrogen (secondary N) is 2. The molecule has 0 spiro atoms. The third-order valence-corrected chi connectivity index (χ3v) is 3.92. The molecule has 0 aliphatic carbocycles. The molecular weight excluding hydrogens is 370 g/mol. The fourth-order valence-electron chi connectivity index (χ4n) is 2.61. The molecule has 1 amide bonds. The van der Waals surface area contributed by atoms with E-state index in [1.165, 1.54) is 0 Å². The molecule has 3 aromatic rings. The van der Waals surface area contributed by atoms with E-state index >= 15 is 0 Å². The summed E-state index contributed by atoms with van der Waals surface area (Å²) >= 11 is 0. The number of amides is 1. The van der Waals surface area contributed by atoms with Gasteiger partial charge >= 0.3 is 0 Å². The second-order valence-corrected chi connectivity index (χ2v) is 5.97. The number of para-hydroxylation sites is 4. The van der Waals surface area contributed by atoms with Crippen molar-refractivity contribution in [1.29, 1.82) is 0 Å². The molecule has 0 saturated heterocycles. The van der Waals surface area contributed by atoms with Crippen molar-refractivity contribution in [3.63, 3.8) is 0 Å². The van der Waals surface area contributed by atoms with Gasteiger partial charge in [-0.25, -0.2) is 4.98 Å². The summed E-state index contributed by atoms with van der Waals surface area (Å²) in [6, 6.07) is 18.3. The van der Waals surface area contributed by atoms with Crippen molar-refractivity contribution in [3.05, 3.63) is 66.9 Å². The van der Waals surface area contributed by atoms with Crippen molar-refractivity contribution < 1.29 is 19.0 Å². The molecule has 3 rings (SSSR count). The third-order valence-electron chi connectivity index (χ3n) is 3.92. The second kappa shape index (κ2) is 9.98. The van der Waals surface area contributed by atoms with Crippen LogP contribution in [0.2, 0.25) is 0 Å². The predicted molar refractivity (Wildman–Crippen MR) is 112 cm³/mol. The molecule has 150 valence electrons. The number of pyridine rings is 1. The predicted octanol–water partition coefficient (Wildman–Crippen LogP) is 4.25. The van der Waals surface area contributed by atoms with Crippen LogP contribution < -0.4 is 24.8 Å². The fraction of sp³-hybridized carbons (Fsp3) is 0.182. The number of anilines is 3. The number of methoxy groups -OCH3 is 1. The van der Waals surface area contributed by atoms with Gasteiger partial charge in [-0.2, -0.15) is 0 Å². The first kappa shape index (κ1) is 20.0. The molecule has 2 aromatic carbocycles. The lowest BCUT2D eigenvalue weighted by molar-refractivity contribution is -0.118. The normalized spacial score (nSPS) is 10.1. The summed E-state index contributed by atoms with van der Waals surface area (Å²) in [5.74, 6) is 2.18. The average molecular weight is 393 g/mol. The Bertz CT molecular complexity index is 945. The van der Waals surface area contributed by atoms with Gasteiger partial charge in [0, 0.05) is 0 Å². The van der Waals surface area contributed by atoms with Crippen LogP contribution in [0.25, 0.3) is 0 Å². The molecule has 0 unspecified atom stereocenters. The molecular formula is C22H23N3O4. The quantitative estimate of drug-likeness (QED) is 0.566. The Morgan fingerprint density at radius 2 is 1.66 bits per heavy atom. The van der Waals surface area contributed by atoms with Crippen LogP contribution in [0, 0.1) is 0 Å². The van der Waals surface area contributed by atoms with Gasteiger partial charge in [-0.05, 0) is 43.3 Å². The molecule has 29 heavy (non-hydrogen) atoms. The smallest absolute Gasteiger partial charge is 0.262 e. The summed E-state index contributed by atoms with van der Waals surface area (Å²) in [6.45, 7) is 2.38. The Balaban J connectivity index is 1.56. The Kier molecular flexibility index (Phi) is 6.89. The Morgan fingerprint density at radius 1 is 0.931 bits per heavy atom. The number of ether oxygens (including phenoxy) is 3. The number of carbonyl (C=O) groups is 1. The van der Waals surface area contributed by atoms with E-state index in [0.717, 1.165) is 11.4 Å². The van der Waals surface area contributed by atoms with Crippen LogP contribution >= 0.6 is 0 Å². The van der Waals surface area contributed by atoms with Crippen LogP contribution in [0.4, 0.5) is 17.2 Å². The van der Waals surface area contributed by atoms with Gasteiger partial charge in [0.25, 0.3) is 5.91 Å². The Labute approximate surface area is 169 Å². The minimum Gasteiger partial charge on any atom is -0.493 e. The second-order valence-electron chi connectivity index (χ2n) is 5.97. The Morgan fingerprint density at radius 3 is 2.34 bits per heavy atom. The van der Waals surface area contributed by atoms with Crippen LogP contribution in [0.3, 0.4) is 0 Å². The number of aromatic nitrogens is 1. The number of nitrogens with zero attached hydrogens (tertiary/aromatic N) is 1. The molecule has 0 atom stereocenters. The zero-order chi connectivity index (χ0) is 20.5. The van der Waals surface area contributed by atoms with Crippen molar-refractivity contribution in [1.82, 2.24) is 4.98 Å². The zero-order valence-electron chi connectivity index (χ0n) is 16.3. The summed E-state index contributed by atoms with van der Waals surface area (Å²) in [7, 11) is 1.55. The first-order valence-electron chi connectivity index (χ1n) is 9.20. The molecule has 1 heterocycles. The number of hydrogen-bond acceptors (Lipinski definition) is 6. The molecule has 1 aromatic heterocycles. The molecule has 0 aliphatic heterocycles. The van der Waals surface area contributed by atoms with Crippen LogP contribution in [0.5, 0.6) is 17.2 Å². The number of rotatable bonds is 9. The van der Waals surface area contributed by atoms with Gasteiger partial charge in [-0.3, -0.25) is 4.79 Å². The summed E-state index contributed by atoms with van der Waals surface area (Å²) in [5, 5.41) is 5.96. The lowest BCUT2D eigenvalue weighted by Gasteiger charge is -2.12. The summed E-state index contributed by atoms with van der Waals surface area (Å²) in [4.78, 5) is 16.5. The van der Waals surface area contributed by atoms with E-state index in [2.05, 4.69) is 15.6 Å². The fourth-order valence-corrected chi connectivity index (χ4v) is 2.61. The van der Waals surface area contributed by atoms with E-state index in [1.807, 2.05) is 43.3 Å². The van der Waals surface area contributed by atoms with Crippen molar-refractivity contribution in [2.24, 2.45) is 0 Å². The lowest BCUT2D eigenvalue weighted by atomic mass is 10.3. The van der Waals surface area contributed by atoms with E-state index in [4.69, 9.17) is 14.2 Å². The van der Waals surface area contributed by atoms with E-state index in [1.54, 1.807) is 37.6 Å². The lowest BCUT2D eigenvalue weighted by Crippen LogP contribution is -2.20. The highest BCUT2D eigenvalue weighted by Crippen LogP contribution is 2.27. The molecule has 0 radical (unpaired) electrons. The van der Waals surface area contributed by atoms with Crippen molar-refractivity contribution >= 4 is 23.1 Å². The molecule has 0 fully saturated rings. The van der Waals surface area contributed by atoms with Crippen LogP contribution in [0.1, 0.15) is 6.92 Å². The number of benzene rings is 2. The minimum atomic E-state index is -0.292. The van der Waals surface area contributed by atoms with E-state index in [0.29, 0.717) is 29.6 Å². The third kappa shape index (κ3) is 5.62. The standard InChI is InChI=1S/C22H23N3O4/c1-3-28-18-9-5-4-8-17(18)25-21-13-12-16(14-23-21)24-22(26)15-29-20-11-7-6-10-19(20)27-2/h4-14H,3,15H2,1-2H3,(H,23,25)(H,24,26). The van der Waals surface area contributed by atoms with E-state index in [-0.39, 0.29) is 12.5 Å². The van der Waals surface area contributed by atoms with Crippen LogP contribution in [0.15, 0.2) is 66.9 Å².